The van der Waals surface area contributed by atoms with Gasteiger partial charge in [0, 0.05) is 13.0 Å². The number of rotatable bonds is 4. The molecule has 5 N–H and O–H groups in total. The third-order valence-corrected chi connectivity index (χ3v) is 2.00. The molecule has 1 rings (SSSR count). The first-order valence-corrected chi connectivity index (χ1v) is 4.93. The molecule has 0 aromatic heterocycles. The summed E-state index contributed by atoms with van der Waals surface area (Å²) in [6, 6.07) is 0. The van der Waals surface area contributed by atoms with Crippen LogP contribution in [0.15, 0.2) is 0 Å². The molecule has 0 amide bonds. The van der Waals surface area contributed by atoms with Crippen LogP contribution in [0.2, 0.25) is 0 Å². The summed E-state index contributed by atoms with van der Waals surface area (Å²) in [7, 11) is 0. The van der Waals surface area contributed by atoms with E-state index in [0.29, 0.717) is 19.5 Å². The van der Waals surface area contributed by atoms with Crippen LogP contribution in [-0.4, -0.2) is 41.8 Å². The van der Waals surface area contributed by atoms with Gasteiger partial charge in [-0.3, -0.25) is 9.59 Å². The van der Waals surface area contributed by atoms with Crippen LogP contribution < -0.4 is 11.1 Å². The van der Waals surface area contributed by atoms with Crippen molar-refractivity contribution < 1.29 is 19.8 Å². The van der Waals surface area contributed by atoms with E-state index in [-0.39, 0.29) is 12.3 Å². The summed E-state index contributed by atoms with van der Waals surface area (Å²) in [6.07, 6.45) is 1.56. The number of carboxylic acid groups (broad SMARTS) is 2. The first kappa shape index (κ1) is 13.9. The Labute approximate surface area is 88.5 Å². The van der Waals surface area contributed by atoms with Gasteiger partial charge >= 0.3 is 11.9 Å². The molecule has 1 unspecified atom stereocenters. The van der Waals surface area contributed by atoms with Crippen LogP contribution in [0.3, 0.4) is 0 Å². The molecule has 0 aliphatic carbocycles. The van der Waals surface area contributed by atoms with Crippen LogP contribution in [-0.2, 0) is 9.59 Å². The molecule has 0 spiro atoms. The second-order valence-electron chi connectivity index (χ2n) is 3.31. The summed E-state index contributed by atoms with van der Waals surface area (Å²) < 4.78 is 0. The average molecular weight is 218 g/mol. The highest BCUT2D eigenvalue weighted by Crippen LogP contribution is 2.05. The minimum Gasteiger partial charge on any atom is -0.481 e. The second-order valence-corrected chi connectivity index (χ2v) is 3.31. The summed E-state index contributed by atoms with van der Waals surface area (Å²) >= 11 is 0. The zero-order valence-corrected chi connectivity index (χ0v) is 8.61. The van der Waals surface area contributed by atoms with Crippen molar-refractivity contribution in [3.05, 3.63) is 0 Å². The minimum atomic E-state index is -0.773. The molecule has 0 aromatic carbocycles. The molecule has 15 heavy (non-hydrogen) atoms. The molecule has 1 saturated heterocycles. The molecule has 0 bridgehead atoms. The van der Waals surface area contributed by atoms with E-state index in [4.69, 9.17) is 15.9 Å². The molecule has 0 aromatic rings. The fourth-order valence-corrected chi connectivity index (χ4v) is 1.12. The van der Waals surface area contributed by atoms with Crippen molar-refractivity contribution in [1.29, 1.82) is 0 Å². The van der Waals surface area contributed by atoms with Gasteiger partial charge in [-0.15, -0.1) is 0 Å². The summed E-state index contributed by atoms with van der Waals surface area (Å²) in [4.78, 5) is 19.9. The normalized spacial score (nSPS) is 19.1. The lowest BCUT2D eigenvalue weighted by atomic mass is 10.1. The Hall–Kier alpha value is -1.14. The van der Waals surface area contributed by atoms with Gasteiger partial charge in [-0.1, -0.05) is 0 Å². The lowest BCUT2D eigenvalue weighted by molar-refractivity contribution is -0.141. The summed E-state index contributed by atoms with van der Waals surface area (Å²) in [6.45, 7) is 1.97. The highest BCUT2D eigenvalue weighted by Gasteiger charge is 2.20. The quantitative estimate of drug-likeness (QED) is 0.505. The fraction of sp³-hybridized carbons (Fsp3) is 0.778. The van der Waals surface area contributed by atoms with Crippen molar-refractivity contribution in [1.82, 2.24) is 5.32 Å². The predicted octanol–water partition coefficient (Wildman–Crippen LogP) is -0.510. The number of hydrogen-bond donors (Lipinski definition) is 4. The van der Waals surface area contributed by atoms with Crippen LogP contribution >= 0.6 is 0 Å². The zero-order valence-electron chi connectivity index (χ0n) is 8.61. The molecule has 1 heterocycles. The third-order valence-electron chi connectivity index (χ3n) is 2.00. The number of aliphatic carboxylic acids is 2. The molecule has 6 heteroatoms. The van der Waals surface area contributed by atoms with Crippen molar-refractivity contribution >= 4 is 11.9 Å². The van der Waals surface area contributed by atoms with Gasteiger partial charge in [0.25, 0.3) is 0 Å². The highest BCUT2D eigenvalue weighted by atomic mass is 16.4. The van der Waals surface area contributed by atoms with Gasteiger partial charge in [0.2, 0.25) is 0 Å². The highest BCUT2D eigenvalue weighted by molar-refractivity contribution is 5.70. The van der Waals surface area contributed by atoms with Crippen molar-refractivity contribution in [2.75, 3.05) is 19.6 Å². The van der Waals surface area contributed by atoms with E-state index < -0.39 is 11.9 Å². The summed E-state index contributed by atoms with van der Waals surface area (Å²) in [5, 5.41) is 19.3. The van der Waals surface area contributed by atoms with E-state index >= 15 is 0 Å². The molecule has 88 valence electrons. The topological polar surface area (TPSA) is 113 Å². The lowest BCUT2D eigenvalue weighted by Crippen LogP contribution is -2.16. The largest absolute Gasteiger partial charge is 0.481 e. The second kappa shape index (κ2) is 8.19. The van der Waals surface area contributed by atoms with Crippen LogP contribution in [0.25, 0.3) is 0 Å². The Morgan fingerprint density at radius 3 is 2.27 bits per heavy atom. The van der Waals surface area contributed by atoms with Gasteiger partial charge in [0.05, 0.1) is 5.92 Å². The molecule has 0 saturated carbocycles. The monoisotopic (exact) mass is 218 g/mol. The molecule has 1 aliphatic rings. The molecular weight excluding hydrogens is 200 g/mol. The average Bonchev–Trinajstić information content (AvgIpc) is 2.68. The van der Waals surface area contributed by atoms with E-state index in [2.05, 4.69) is 5.32 Å². The van der Waals surface area contributed by atoms with Gasteiger partial charge in [0.15, 0.2) is 0 Å². The molecule has 1 fully saturated rings. The van der Waals surface area contributed by atoms with Gasteiger partial charge in [-0.2, -0.15) is 0 Å². The van der Waals surface area contributed by atoms with Crippen LogP contribution in [0.5, 0.6) is 0 Å². The van der Waals surface area contributed by atoms with E-state index in [0.717, 1.165) is 13.0 Å². The number of carbonyl (C=O) groups is 2. The Kier molecular flexibility index (Phi) is 7.57. The van der Waals surface area contributed by atoms with Crippen molar-refractivity contribution in [2.45, 2.75) is 19.3 Å². The van der Waals surface area contributed by atoms with E-state index in [1.165, 1.54) is 0 Å². The Balaban J connectivity index is 0.000000265. The maximum atomic E-state index is 10.2. The maximum absolute atomic E-state index is 10.2. The maximum Gasteiger partial charge on any atom is 0.307 e. The van der Waals surface area contributed by atoms with E-state index in [9.17, 15) is 9.59 Å². The molecule has 1 atom stereocenters. The Morgan fingerprint density at radius 2 is 2.07 bits per heavy atom. The van der Waals surface area contributed by atoms with E-state index in [1.807, 2.05) is 0 Å². The Morgan fingerprint density at radius 1 is 1.40 bits per heavy atom. The van der Waals surface area contributed by atoms with Crippen LogP contribution in [0.1, 0.15) is 19.3 Å². The van der Waals surface area contributed by atoms with Crippen LogP contribution in [0.4, 0.5) is 0 Å². The molecule has 0 radical (unpaired) electrons. The minimum absolute atomic E-state index is 0.130. The summed E-state index contributed by atoms with van der Waals surface area (Å²) in [5.41, 5.74) is 5.01. The smallest absolute Gasteiger partial charge is 0.307 e. The number of hydrogen-bond acceptors (Lipinski definition) is 4. The SMILES string of the molecule is NCCCC(=O)O.O=C(O)C1CCNC1. The Bertz CT molecular complexity index is 202. The van der Waals surface area contributed by atoms with Crippen molar-refractivity contribution in [3.63, 3.8) is 0 Å². The first-order valence-electron chi connectivity index (χ1n) is 4.93. The first-order chi connectivity index (χ1) is 7.07. The predicted molar refractivity (Wildman–Crippen MR) is 54.5 cm³/mol. The number of carboxylic acids is 2. The zero-order chi connectivity index (χ0) is 11.7. The lowest BCUT2D eigenvalue weighted by Gasteiger charge is -1.96. The van der Waals surface area contributed by atoms with Crippen molar-refractivity contribution in [3.8, 4) is 0 Å². The van der Waals surface area contributed by atoms with Crippen molar-refractivity contribution in [2.24, 2.45) is 11.7 Å². The molecule has 6 nitrogen and oxygen atoms in total. The van der Waals surface area contributed by atoms with Gasteiger partial charge in [-0.05, 0) is 25.9 Å². The number of nitrogens with one attached hydrogen (secondary N) is 1. The standard InChI is InChI=1S/C5H9NO2.C4H9NO2/c7-5(8)4-1-2-6-3-4;5-3-1-2-4(6)7/h4,6H,1-3H2,(H,7,8);1-3,5H2,(H,6,7). The molecule has 1 aliphatic heterocycles. The van der Waals surface area contributed by atoms with Crippen LogP contribution in [0, 0.1) is 5.92 Å². The third kappa shape index (κ3) is 7.90. The molecular formula is C9H18N2O4. The summed E-state index contributed by atoms with van der Waals surface area (Å²) in [5.74, 6) is -1.57. The van der Waals surface area contributed by atoms with Gasteiger partial charge < -0.3 is 21.3 Å². The van der Waals surface area contributed by atoms with Gasteiger partial charge in [-0.25, -0.2) is 0 Å². The number of nitrogens with two attached hydrogens (primary N) is 1. The van der Waals surface area contributed by atoms with Gasteiger partial charge in [0.1, 0.15) is 0 Å². The van der Waals surface area contributed by atoms with E-state index in [1.54, 1.807) is 0 Å². The fourth-order valence-electron chi connectivity index (χ4n) is 1.12.